The SMILES string of the molecule is NC(=O)CN1CCS1(=O)=O. The zero-order valence-electron chi connectivity index (χ0n) is 5.28. The number of amides is 1. The number of sulfonamides is 1. The van der Waals surface area contributed by atoms with Crippen LogP contribution in [0.5, 0.6) is 0 Å². The molecule has 1 aliphatic rings. The fourth-order valence-corrected chi connectivity index (χ4v) is 1.78. The third-order valence-corrected chi connectivity index (χ3v) is 3.12. The van der Waals surface area contributed by atoms with E-state index in [0.717, 1.165) is 4.31 Å². The third kappa shape index (κ3) is 1.27. The fraction of sp³-hybridized carbons (Fsp3) is 0.750. The molecular formula is C4H8N2O3S. The molecule has 1 heterocycles. The van der Waals surface area contributed by atoms with Gasteiger partial charge in [0.1, 0.15) is 0 Å². The second-order valence-electron chi connectivity index (χ2n) is 2.12. The Morgan fingerprint density at radius 2 is 2.20 bits per heavy atom. The van der Waals surface area contributed by atoms with Gasteiger partial charge in [-0.05, 0) is 0 Å². The Bertz CT molecular complexity index is 245. The summed E-state index contributed by atoms with van der Waals surface area (Å²) >= 11 is 0. The highest BCUT2D eigenvalue weighted by atomic mass is 32.2. The minimum Gasteiger partial charge on any atom is -0.369 e. The first kappa shape index (κ1) is 7.49. The Morgan fingerprint density at radius 3 is 2.30 bits per heavy atom. The van der Waals surface area contributed by atoms with Gasteiger partial charge in [-0.3, -0.25) is 4.79 Å². The summed E-state index contributed by atoms with van der Waals surface area (Å²) in [5.74, 6) is -0.469. The Labute approximate surface area is 58.9 Å². The van der Waals surface area contributed by atoms with Gasteiger partial charge in [0, 0.05) is 6.54 Å². The molecule has 0 atom stereocenters. The molecule has 58 valence electrons. The van der Waals surface area contributed by atoms with Gasteiger partial charge in [0.2, 0.25) is 15.9 Å². The fourth-order valence-electron chi connectivity index (χ4n) is 0.721. The molecule has 1 rings (SSSR count). The molecule has 0 spiro atoms. The van der Waals surface area contributed by atoms with Gasteiger partial charge >= 0.3 is 0 Å². The van der Waals surface area contributed by atoms with E-state index in [-0.39, 0.29) is 12.3 Å². The van der Waals surface area contributed by atoms with Gasteiger partial charge in [-0.2, -0.15) is 4.31 Å². The minimum absolute atomic E-state index is 0.139. The largest absolute Gasteiger partial charge is 0.369 e. The maximum Gasteiger partial charge on any atom is 0.232 e. The van der Waals surface area contributed by atoms with E-state index in [2.05, 4.69) is 0 Å². The summed E-state index contributed by atoms with van der Waals surface area (Å²) in [6.07, 6.45) is 0. The summed E-state index contributed by atoms with van der Waals surface area (Å²) in [5, 5.41) is 0. The van der Waals surface area contributed by atoms with Crippen molar-refractivity contribution in [1.29, 1.82) is 0 Å². The number of carbonyl (C=O) groups is 1. The monoisotopic (exact) mass is 164 g/mol. The number of rotatable bonds is 2. The van der Waals surface area contributed by atoms with Crippen molar-refractivity contribution in [3.05, 3.63) is 0 Å². The molecule has 0 radical (unpaired) electrons. The molecule has 0 bridgehead atoms. The van der Waals surface area contributed by atoms with Crippen LogP contribution in [0.15, 0.2) is 0 Å². The van der Waals surface area contributed by atoms with Crippen molar-refractivity contribution in [1.82, 2.24) is 4.31 Å². The smallest absolute Gasteiger partial charge is 0.232 e. The van der Waals surface area contributed by atoms with Crippen LogP contribution in [-0.4, -0.2) is 37.5 Å². The van der Waals surface area contributed by atoms with E-state index >= 15 is 0 Å². The highest BCUT2D eigenvalue weighted by Gasteiger charge is 2.32. The first-order valence-corrected chi connectivity index (χ1v) is 4.39. The minimum atomic E-state index is -3.08. The normalized spacial score (nSPS) is 23.6. The van der Waals surface area contributed by atoms with E-state index in [1.807, 2.05) is 0 Å². The standard InChI is InChI=1S/C4H8N2O3S/c5-4(7)3-6-1-2-10(6,8)9/h1-3H2,(H2,5,7). The van der Waals surface area contributed by atoms with Crippen molar-refractivity contribution >= 4 is 15.9 Å². The molecule has 5 nitrogen and oxygen atoms in total. The average Bonchev–Trinajstić information content (AvgIpc) is 1.81. The van der Waals surface area contributed by atoms with Crippen LogP contribution in [0.3, 0.4) is 0 Å². The number of hydrogen-bond acceptors (Lipinski definition) is 3. The zero-order chi connectivity index (χ0) is 7.78. The molecule has 1 fully saturated rings. The van der Waals surface area contributed by atoms with Crippen molar-refractivity contribution in [3.8, 4) is 0 Å². The summed E-state index contributed by atoms with van der Waals surface area (Å²) in [4.78, 5) is 10.2. The maximum absolute atomic E-state index is 10.7. The highest BCUT2D eigenvalue weighted by molar-refractivity contribution is 7.90. The van der Waals surface area contributed by atoms with Crippen LogP contribution < -0.4 is 5.73 Å². The van der Waals surface area contributed by atoms with Gasteiger partial charge in [0.05, 0.1) is 12.3 Å². The molecule has 0 aromatic rings. The molecule has 0 aromatic heterocycles. The third-order valence-electron chi connectivity index (χ3n) is 1.32. The van der Waals surface area contributed by atoms with Crippen LogP contribution in [0.25, 0.3) is 0 Å². The van der Waals surface area contributed by atoms with Crippen LogP contribution in [0.1, 0.15) is 0 Å². The molecule has 1 amide bonds. The Balaban J connectivity index is 2.54. The van der Waals surface area contributed by atoms with Crippen LogP contribution in [0, 0.1) is 0 Å². The van der Waals surface area contributed by atoms with Crippen molar-refractivity contribution in [2.24, 2.45) is 5.73 Å². The summed E-state index contributed by atoms with van der Waals surface area (Å²) in [6, 6.07) is 0. The van der Waals surface area contributed by atoms with Crippen LogP contribution in [-0.2, 0) is 14.8 Å². The van der Waals surface area contributed by atoms with Crippen molar-refractivity contribution < 1.29 is 13.2 Å². The Hall–Kier alpha value is -0.620. The molecule has 0 aliphatic carbocycles. The summed E-state index contributed by atoms with van der Waals surface area (Å²) in [5.41, 5.74) is 4.78. The quantitative estimate of drug-likeness (QED) is 0.518. The molecule has 0 saturated carbocycles. The van der Waals surface area contributed by atoms with E-state index in [1.165, 1.54) is 0 Å². The van der Waals surface area contributed by atoms with E-state index in [4.69, 9.17) is 5.73 Å². The van der Waals surface area contributed by atoms with Crippen LogP contribution in [0.4, 0.5) is 0 Å². The summed E-state index contributed by atoms with van der Waals surface area (Å²) in [6.45, 7) is 0.244. The Morgan fingerprint density at radius 1 is 1.60 bits per heavy atom. The van der Waals surface area contributed by atoms with E-state index in [9.17, 15) is 13.2 Å². The van der Waals surface area contributed by atoms with Gasteiger partial charge in [-0.25, -0.2) is 8.42 Å². The van der Waals surface area contributed by atoms with E-state index in [0.29, 0.717) is 6.54 Å². The molecule has 10 heavy (non-hydrogen) atoms. The highest BCUT2D eigenvalue weighted by Crippen LogP contribution is 2.10. The first-order chi connectivity index (χ1) is 4.52. The number of nitrogens with zero attached hydrogens (tertiary/aromatic N) is 1. The second-order valence-corrected chi connectivity index (χ2v) is 4.20. The zero-order valence-corrected chi connectivity index (χ0v) is 6.10. The van der Waals surface area contributed by atoms with E-state index in [1.54, 1.807) is 0 Å². The second kappa shape index (κ2) is 2.21. The Kier molecular flexibility index (Phi) is 1.65. The molecule has 2 N–H and O–H groups in total. The molecule has 1 saturated heterocycles. The summed E-state index contributed by atoms with van der Waals surface area (Å²) in [7, 11) is -3.08. The van der Waals surface area contributed by atoms with Crippen molar-refractivity contribution in [3.63, 3.8) is 0 Å². The topological polar surface area (TPSA) is 80.5 Å². The predicted octanol–water partition coefficient (Wildman–Crippen LogP) is -1.88. The summed E-state index contributed by atoms with van der Waals surface area (Å²) < 4.78 is 22.4. The van der Waals surface area contributed by atoms with Crippen molar-refractivity contribution in [2.75, 3.05) is 18.8 Å². The molecular weight excluding hydrogens is 156 g/mol. The van der Waals surface area contributed by atoms with Gasteiger partial charge in [0.15, 0.2) is 0 Å². The average molecular weight is 164 g/mol. The van der Waals surface area contributed by atoms with Crippen LogP contribution >= 0.6 is 0 Å². The van der Waals surface area contributed by atoms with E-state index < -0.39 is 15.9 Å². The number of primary amides is 1. The van der Waals surface area contributed by atoms with Crippen molar-refractivity contribution in [2.45, 2.75) is 0 Å². The van der Waals surface area contributed by atoms with Gasteiger partial charge in [-0.15, -0.1) is 0 Å². The van der Waals surface area contributed by atoms with Crippen LogP contribution in [0.2, 0.25) is 0 Å². The predicted molar refractivity (Wildman–Crippen MR) is 34.6 cm³/mol. The molecule has 1 aliphatic heterocycles. The maximum atomic E-state index is 10.7. The molecule has 0 aromatic carbocycles. The number of nitrogens with two attached hydrogens (primary N) is 1. The molecule has 6 heteroatoms. The lowest BCUT2D eigenvalue weighted by Crippen LogP contribution is -2.50. The lowest BCUT2D eigenvalue weighted by molar-refractivity contribution is -0.118. The number of hydrogen-bond donors (Lipinski definition) is 1. The first-order valence-electron chi connectivity index (χ1n) is 2.78. The van der Waals surface area contributed by atoms with Gasteiger partial charge < -0.3 is 5.73 Å². The lowest BCUT2D eigenvalue weighted by atomic mass is 10.6. The lowest BCUT2D eigenvalue weighted by Gasteiger charge is -2.28. The van der Waals surface area contributed by atoms with Gasteiger partial charge in [0.25, 0.3) is 0 Å². The molecule has 0 unspecified atom stereocenters. The van der Waals surface area contributed by atoms with Gasteiger partial charge in [-0.1, -0.05) is 0 Å². The number of carbonyl (C=O) groups excluding carboxylic acids is 1.